The normalized spacial score (nSPS) is 12.4. The summed E-state index contributed by atoms with van der Waals surface area (Å²) in [6.45, 7) is 1.79. The first-order chi connectivity index (χ1) is 8.60. The zero-order chi connectivity index (χ0) is 13.1. The summed E-state index contributed by atoms with van der Waals surface area (Å²) in [5, 5.41) is 2.59. The molecule has 0 saturated heterocycles. The summed E-state index contributed by atoms with van der Waals surface area (Å²) in [4.78, 5) is 4.26. The lowest BCUT2D eigenvalue weighted by molar-refractivity contribution is 0.224. The number of hydrogen-bond donors (Lipinski definition) is 0. The van der Waals surface area contributed by atoms with E-state index < -0.39 is 11.6 Å². The minimum atomic E-state index is -0.930. The van der Waals surface area contributed by atoms with Crippen LogP contribution in [-0.2, 0) is 5.88 Å². The number of hydrogen-bond acceptors (Lipinski definition) is 3. The van der Waals surface area contributed by atoms with Gasteiger partial charge >= 0.3 is 0 Å². The van der Waals surface area contributed by atoms with Gasteiger partial charge in [0.2, 0.25) is 0 Å². The van der Waals surface area contributed by atoms with Crippen molar-refractivity contribution in [2.75, 3.05) is 0 Å². The number of ether oxygens (including phenoxy) is 1. The molecular formula is C12H10ClF2NOS. The molecule has 1 atom stereocenters. The van der Waals surface area contributed by atoms with Gasteiger partial charge in [-0.25, -0.2) is 13.8 Å². The highest BCUT2D eigenvalue weighted by atomic mass is 35.5. The maximum Gasteiger partial charge on any atom is 0.162 e. The summed E-state index contributed by atoms with van der Waals surface area (Å²) in [6, 6.07) is 3.43. The molecule has 1 unspecified atom stereocenters. The van der Waals surface area contributed by atoms with E-state index in [0.717, 1.165) is 22.8 Å². The standard InChI is InChI=1S/C12H10ClF2NOS/c1-7(12-16-8(5-13)6-18-12)17-9-2-3-10(14)11(15)4-9/h2-4,6-7H,5H2,1H3. The van der Waals surface area contributed by atoms with Crippen molar-refractivity contribution in [2.45, 2.75) is 18.9 Å². The van der Waals surface area contributed by atoms with Crippen molar-refractivity contribution in [1.29, 1.82) is 0 Å². The number of nitrogens with zero attached hydrogens (tertiary/aromatic N) is 1. The number of aromatic nitrogens is 1. The maximum absolute atomic E-state index is 13.0. The molecule has 6 heteroatoms. The third kappa shape index (κ3) is 2.97. The van der Waals surface area contributed by atoms with E-state index in [0.29, 0.717) is 5.88 Å². The molecule has 2 nitrogen and oxygen atoms in total. The predicted molar refractivity (Wildman–Crippen MR) is 67.1 cm³/mol. The van der Waals surface area contributed by atoms with Gasteiger partial charge in [-0.2, -0.15) is 0 Å². The molecule has 1 aromatic heterocycles. The van der Waals surface area contributed by atoms with Gasteiger partial charge in [0, 0.05) is 11.4 Å². The van der Waals surface area contributed by atoms with E-state index in [9.17, 15) is 8.78 Å². The first kappa shape index (κ1) is 13.2. The van der Waals surface area contributed by atoms with Crippen LogP contribution in [0.3, 0.4) is 0 Å². The number of alkyl halides is 1. The number of thiazole rings is 1. The van der Waals surface area contributed by atoms with Gasteiger partial charge in [-0.1, -0.05) is 0 Å². The van der Waals surface area contributed by atoms with Crippen LogP contribution in [0.25, 0.3) is 0 Å². The van der Waals surface area contributed by atoms with Crippen LogP contribution in [-0.4, -0.2) is 4.98 Å². The van der Waals surface area contributed by atoms with Gasteiger partial charge in [0.1, 0.15) is 16.9 Å². The van der Waals surface area contributed by atoms with Gasteiger partial charge in [0.15, 0.2) is 11.6 Å². The molecule has 0 aliphatic carbocycles. The summed E-state index contributed by atoms with van der Waals surface area (Å²) in [5.41, 5.74) is 0.775. The molecule has 18 heavy (non-hydrogen) atoms. The predicted octanol–water partition coefficient (Wildman–Crippen LogP) is 4.30. The van der Waals surface area contributed by atoms with E-state index in [1.807, 2.05) is 5.38 Å². The molecule has 0 bridgehead atoms. The summed E-state index contributed by atoms with van der Waals surface area (Å²) < 4.78 is 31.3. The van der Waals surface area contributed by atoms with Crippen LogP contribution >= 0.6 is 22.9 Å². The summed E-state index contributed by atoms with van der Waals surface area (Å²) >= 11 is 7.08. The van der Waals surface area contributed by atoms with Crippen molar-refractivity contribution in [3.8, 4) is 5.75 Å². The lowest BCUT2D eigenvalue weighted by atomic mass is 10.3. The molecule has 96 valence electrons. The molecule has 0 spiro atoms. The minimum absolute atomic E-state index is 0.268. The van der Waals surface area contributed by atoms with E-state index in [1.165, 1.54) is 17.4 Å². The van der Waals surface area contributed by atoms with Gasteiger partial charge in [-0.3, -0.25) is 0 Å². The van der Waals surface area contributed by atoms with E-state index in [1.54, 1.807) is 6.92 Å². The zero-order valence-corrected chi connectivity index (χ0v) is 11.1. The fraction of sp³-hybridized carbons (Fsp3) is 0.250. The lowest BCUT2D eigenvalue weighted by Gasteiger charge is -2.12. The molecular weight excluding hydrogens is 280 g/mol. The summed E-state index contributed by atoms with van der Waals surface area (Å²) in [5.74, 6) is -1.22. The minimum Gasteiger partial charge on any atom is -0.483 e. The van der Waals surface area contributed by atoms with E-state index >= 15 is 0 Å². The van der Waals surface area contributed by atoms with Gasteiger partial charge in [0.25, 0.3) is 0 Å². The monoisotopic (exact) mass is 289 g/mol. The van der Waals surface area contributed by atoms with Crippen LogP contribution in [0.5, 0.6) is 5.75 Å². The van der Waals surface area contributed by atoms with Crippen LogP contribution in [0.2, 0.25) is 0 Å². The molecule has 0 aliphatic heterocycles. The van der Waals surface area contributed by atoms with Crippen LogP contribution in [0.4, 0.5) is 8.78 Å². The second-order valence-electron chi connectivity index (χ2n) is 3.65. The summed E-state index contributed by atoms with van der Waals surface area (Å²) in [7, 11) is 0. The van der Waals surface area contributed by atoms with Crippen LogP contribution in [0, 0.1) is 11.6 Å². The fourth-order valence-corrected chi connectivity index (χ4v) is 2.41. The Morgan fingerprint density at radius 1 is 1.39 bits per heavy atom. The van der Waals surface area contributed by atoms with Crippen LogP contribution in [0.1, 0.15) is 23.7 Å². The topological polar surface area (TPSA) is 22.1 Å². The molecule has 0 saturated carbocycles. The summed E-state index contributed by atoms with van der Waals surface area (Å²) in [6.07, 6.45) is -0.336. The van der Waals surface area contributed by atoms with Gasteiger partial charge in [0.05, 0.1) is 11.6 Å². The average Bonchev–Trinajstić information content (AvgIpc) is 2.82. The molecule has 0 aliphatic rings. The Morgan fingerprint density at radius 2 is 2.17 bits per heavy atom. The van der Waals surface area contributed by atoms with Crippen molar-refractivity contribution in [3.05, 3.63) is 45.9 Å². The molecule has 0 amide bonds. The van der Waals surface area contributed by atoms with Gasteiger partial charge in [-0.05, 0) is 19.1 Å². The Hall–Kier alpha value is -1.20. The molecule has 2 aromatic rings. The molecule has 0 N–H and O–H groups in total. The number of halogens is 3. The van der Waals surface area contributed by atoms with Gasteiger partial charge < -0.3 is 4.74 Å². The van der Waals surface area contributed by atoms with Crippen LogP contribution in [0.15, 0.2) is 23.6 Å². The Balaban J connectivity index is 2.10. The smallest absolute Gasteiger partial charge is 0.162 e. The highest BCUT2D eigenvalue weighted by Gasteiger charge is 2.13. The molecule has 1 heterocycles. The third-order valence-corrected chi connectivity index (χ3v) is 3.59. The third-order valence-electron chi connectivity index (χ3n) is 2.26. The first-order valence-corrected chi connectivity index (χ1v) is 6.63. The second kappa shape index (κ2) is 5.63. The van der Waals surface area contributed by atoms with Crippen molar-refractivity contribution in [2.24, 2.45) is 0 Å². The number of benzene rings is 1. The highest BCUT2D eigenvalue weighted by molar-refractivity contribution is 7.09. The second-order valence-corrected chi connectivity index (χ2v) is 4.80. The van der Waals surface area contributed by atoms with Crippen molar-refractivity contribution in [3.63, 3.8) is 0 Å². The van der Waals surface area contributed by atoms with Crippen LogP contribution < -0.4 is 4.74 Å². The van der Waals surface area contributed by atoms with Crippen molar-refractivity contribution < 1.29 is 13.5 Å². The van der Waals surface area contributed by atoms with E-state index in [4.69, 9.17) is 16.3 Å². The molecule has 1 aromatic carbocycles. The highest BCUT2D eigenvalue weighted by Crippen LogP contribution is 2.25. The first-order valence-electron chi connectivity index (χ1n) is 5.22. The lowest BCUT2D eigenvalue weighted by Crippen LogP contribution is -2.03. The zero-order valence-electron chi connectivity index (χ0n) is 9.49. The Kier molecular flexibility index (Phi) is 4.14. The SMILES string of the molecule is CC(Oc1ccc(F)c(F)c1)c1nc(CCl)cs1. The quantitative estimate of drug-likeness (QED) is 0.783. The largest absolute Gasteiger partial charge is 0.483 e. The Bertz CT molecular complexity index is 547. The maximum atomic E-state index is 13.0. The van der Waals surface area contributed by atoms with E-state index in [-0.39, 0.29) is 11.9 Å². The van der Waals surface area contributed by atoms with Crippen molar-refractivity contribution in [1.82, 2.24) is 4.98 Å². The Morgan fingerprint density at radius 3 is 2.78 bits per heavy atom. The molecule has 0 radical (unpaired) electrons. The number of rotatable bonds is 4. The van der Waals surface area contributed by atoms with E-state index in [2.05, 4.69) is 4.98 Å². The van der Waals surface area contributed by atoms with Gasteiger partial charge in [-0.15, -0.1) is 22.9 Å². The van der Waals surface area contributed by atoms with Crippen molar-refractivity contribution >= 4 is 22.9 Å². The molecule has 0 fully saturated rings. The Labute approximate surface area is 112 Å². The molecule has 2 rings (SSSR count). The average molecular weight is 290 g/mol. The fourth-order valence-electron chi connectivity index (χ4n) is 1.38.